The molecule has 0 unspecified atom stereocenters. The van der Waals surface area contributed by atoms with E-state index in [4.69, 9.17) is 28.4 Å². The summed E-state index contributed by atoms with van der Waals surface area (Å²) in [5.41, 5.74) is 0. The van der Waals surface area contributed by atoms with Gasteiger partial charge in [-0.2, -0.15) is 0 Å². The third-order valence-electron chi connectivity index (χ3n) is 3.33. The molecular weight excluding hydrogens is 292 g/mol. The van der Waals surface area contributed by atoms with Gasteiger partial charge in [-0.25, -0.2) is 0 Å². The quantitative estimate of drug-likeness (QED) is 0.590. The van der Waals surface area contributed by atoms with Gasteiger partial charge < -0.3 is 28.4 Å². The summed E-state index contributed by atoms with van der Waals surface area (Å²) in [6, 6.07) is 0. The highest BCUT2D eigenvalue weighted by atomic mass is 16.7. The van der Waals surface area contributed by atoms with Crippen molar-refractivity contribution in [3.8, 4) is 0 Å². The fraction of sp³-hybridized carbons (Fsp3) is 0.933. The third kappa shape index (κ3) is 5.17. The second-order valence-corrected chi connectivity index (χ2v) is 4.85. The molecule has 7 heteroatoms. The Labute approximate surface area is 132 Å². The number of hydrogen-bond acceptors (Lipinski definition) is 7. The number of esters is 1. The van der Waals surface area contributed by atoms with E-state index in [1.807, 2.05) is 20.8 Å². The average molecular weight is 320 g/mol. The predicted octanol–water partition coefficient (Wildman–Crippen LogP) is 1.14. The molecule has 0 radical (unpaired) electrons. The standard InChI is InChI=1S/C15H28O7/c1-6-18-9-11-12(21-10(4)16)13(19-7-2)14(20-8-3)15(17-5)22-11/h11-15H,6-9H2,1-5H3/t11-,12+,13+,14-,15+/m1/s1. The van der Waals surface area contributed by atoms with Crippen LogP contribution in [0.4, 0.5) is 0 Å². The summed E-state index contributed by atoms with van der Waals surface area (Å²) in [6.45, 7) is 8.77. The van der Waals surface area contributed by atoms with E-state index >= 15 is 0 Å². The Morgan fingerprint density at radius 3 is 2.14 bits per heavy atom. The lowest BCUT2D eigenvalue weighted by molar-refractivity contribution is -0.312. The minimum absolute atomic E-state index is 0.288. The summed E-state index contributed by atoms with van der Waals surface area (Å²) in [6.07, 6.45) is -2.63. The monoisotopic (exact) mass is 320 g/mol. The Morgan fingerprint density at radius 1 is 1.00 bits per heavy atom. The van der Waals surface area contributed by atoms with Crippen molar-refractivity contribution in [2.75, 3.05) is 33.5 Å². The molecule has 1 heterocycles. The molecular formula is C15H28O7. The van der Waals surface area contributed by atoms with Crippen LogP contribution in [0, 0.1) is 0 Å². The lowest BCUT2D eigenvalue weighted by Gasteiger charge is -2.44. The van der Waals surface area contributed by atoms with Gasteiger partial charge in [-0.15, -0.1) is 0 Å². The highest BCUT2D eigenvalue weighted by Gasteiger charge is 2.49. The van der Waals surface area contributed by atoms with E-state index in [2.05, 4.69) is 0 Å². The number of methoxy groups -OCH3 is 1. The van der Waals surface area contributed by atoms with Crippen LogP contribution in [-0.4, -0.2) is 70.2 Å². The summed E-state index contributed by atoms with van der Waals surface area (Å²) in [7, 11) is 1.55. The summed E-state index contributed by atoms with van der Waals surface area (Å²) in [5, 5.41) is 0. The van der Waals surface area contributed by atoms with Gasteiger partial charge in [0, 0.05) is 33.9 Å². The molecule has 1 fully saturated rings. The molecule has 5 atom stereocenters. The molecule has 0 aromatic heterocycles. The van der Waals surface area contributed by atoms with Crippen molar-refractivity contribution in [1.82, 2.24) is 0 Å². The summed E-state index contributed by atoms with van der Waals surface area (Å²) in [4.78, 5) is 11.5. The summed E-state index contributed by atoms with van der Waals surface area (Å²) >= 11 is 0. The van der Waals surface area contributed by atoms with Crippen LogP contribution in [0.3, 0.4) is 0 Å². The molecule has 1 aliphatic rings. The zero-order chi connectivity index (χ0) is 16.5. The minimum Gasteiger partial charge on any atom is -0.457 e. The van der Waals surface area contributed by atoms with Crippen LogP contribution < -0.4 is 0 Å². The van der Waals surface area contributed by atoms with E-state index in [-0.39, 0.29) is 6.61 Å². The fourth-order valence-electron chi connectivity index (χ4n) is 2.52. The van der Waals surface area contributed by atoms with Gasteiger partial charge in [0.25, 0.3) is 0 Å². The topological polar surface area (TPSA) is 72.5 Å². The second kappa shape index (κ2) is 10.1. The number of ether oxygens (including phenoxy) is 6. The highest BCUT2D eigenvalue weighted by Crippen LogP contribution is 2.29. The van der Waals surface area contributed by atoms with E-state index in [1.165, 1.54) is 6.92 Å². The molecule has 22 heavy (non-hydrogen) atoms. The zero-order valence-electron chi connectivity index (χ0n) is 14.1. The predicted molar refractivity (Wildman–Crippen MR) is 78.5 cm³/mol. The maximum absolute atomic E-state index is 11.5. The Balaban J connectivity index is 2.99. The van der Waals surface area contributed by atoms with Crippen LogP contribution in [0.15, 0.2) is 0 Å². The maximum Gasteiger partial charge on any atom is 0.303 e. The lowest BCUT2D eigenvalue weighted by atomic mass is 9.98. The summed E-state index contributed by atoms with van der Waals surface area (Å²) < 4.78 is 33.6. The molecule has 1 aliphatic heterocycles. The molecule has 130 valence electrons. The van der Waals surface area contributed by atoms with Crippen LogP contribution in [-0.2, 0) is 33.2 Å². The molecule has 0 N–H and O–H groups in total. The smallest absolute Gasteiger partial charge is 0.303 e. The van der Waals surface area contributed by atoms with Crippen molar-refractivity contribution in [1.29, 1.82) is 0 Å². The molecule has 0 aromatic rings. The summed E-state index contributed by atoms with van der Waals surface area (Å²) in [5.74, 6) is -0.397. The third-order valence-corrected chi connectivity index (χ3v) is 3.33. The van der Waals surface area contributed by atoms with Crippen molar-refractivity contribution in [3.05, 3.63) is 0 Å². The normalized spacial score (nSPS) is 32.0. The van der Waals surface area contributed by atoms with Gasteiger partial charge >= 0.3 is 5.97 Å². The van der Waals surface area contributed by atoms with Crippen LogP contribution in [0.1, 0.15) is 27.7 Å². The molecule has 0 aromatic carbocycles. The molecule has 0 amide bonds. The van der Waals surface area contributed by atoms with Crippen molar-refractivity contribution in [2.45, 2.75) is 58.4 Å². The first-order valence-corrected chi connectivity index (χ1v) is 7.75. The molecule has 1 rings (SSSR count). The largest absolute Gasteiger partial charge is 0.457 e. The molecule has 0 spiro atoms. The van der Waals surface area contributed by atoms with Crippen LogP contribution >= 0.6 is 0 Å². The van der Waals surface area contributed by atoms with Gasteiger partial charge in [0.15, 0.2) is 12.4 Å². The van der Waals surface area contributed by atoms with Crippen molar-refractivity contribution in [2.24, 2.45) is 0 Å². The second-order valence-electron chi connectivity index (χ2n) is 4.85. The Kier molecular flexibility index (Phi) is 8.89. The average Bonchev–Trinajstić information content (AvgIpc) is 2.49. The van der Waals surface area contributed by atoms with Gasteiger partial charge in [-0.05, 0) is 20.8 Å². The van der Waals surface area contributed by atoms with Crippen LogP contribution in [0.5, 0.6) is 0 Å². The van der Waals surface area contributed by atoms with Gasteiger partial charge in [-0.1, -0.05) is 0 Å². The van der Waals surface area contributed by atoms with Crippen LogP contribution in [0.2, 0.25) is 0 Å². The number of carbonyl (C=O) groups is 1. The van der Waals surface area contributed by atoms with E-state index < -0.39 is 36.7 Å². The number of hydrogen-bond donors (Lipinski definition) is 0. The van der Waals surface area contributed by atoms with E-state index in [0.29, 0.717) is 19.8 Å². The lowest BCUT2D eigenvalue weighted by Crippen LogP contribution is -2.62. The van der Waals surface area contributed by atoms with Crippen molar-refractivity contribution < 1.29 is 33.2 Å². The first-order valence-electron chi connectivity index (χ1n) is 7.75. The van der Waals surface area contributed by atoms with Gasteiger partial charge in [-0.3, -0.25) is 4.79 Å². The Hall–Kier alpha value is -0.730. The fourth-order valence-corrected chi connectivity index (χ4v) is 2.52. The highest BCUT2D eigenvalue weighted by molar-refractivity contribution is 5.66. The van der Waals surface area contributed by atoms with Gasteiger partial charge in [0.1, 0.15) is 18.3 Å². The van der Waals surface area contributed by atoms with Crippen molar-refractivity contribution >= 4 is 5.97 Å². The molecule has 1 saturated heterocycles. The van der Waals surface area contributed by atoms with E-state index in [1.54, 1.807) is 7.11 Å². The SMILES string of the molecule is CCOC[C@H]1O[C@H](OC)[C@H](OCC)[C@@H](OCC)[C@H]1OC(C)=O. The number of rotatable bonds is 9. The maximum atomic E-state index is 11.5. The number of carbonyl (C=O) groups excluding carboxylic acids is 1. The molecule has 0 bridgehead atoms. The molecule has 7 nitrogen and oxygen atoms in total. The van der Waals surface area contributed by atoms with E-state index in [0.717, 1.165) is 0 Å². The van der Waals surface area contributed by atoms with E-state index in [9.17, 15) is 4.79 Å². The minimum atomic E-state index is -0.605. The van der Waals surface area contributed by atoms with Crippen molar-refractivity contribution in [3.63, 3.8) is 0 Å². The van der Waals surface area contributed by atoms with Gasteiger partial charge in [0.05, 0.1) is 6.61 Å². The molecule has 0 aliphatic carbocycles. The molecule has 0 saturated carbocycles. The first kappa shape index (κ1) is 19.3. The van der Waals surface area contributed by atoms with Crippen LogP contribution in [0.25, 0.3) is 0 Å². The van der Waals surface area contributed by atoms with Gasteiger partial charge in [0.2, 0.25) is 0 Å². The Morgan fingerprint density at radius 2 is 1.64 bits per heavy atom. The Bertz CT molecular complexity index is 323. The zero-order valence-corrected chi connectivity index (χ0v) is 14.1. The first-order chi connectivity index (χ1) is 10.6.